The quantitative estimate of drug-likeness (QED) is 0.408. The summed E-state index contributed by atoms with van der Waals surface area (Å²) < 4.78 is 6.71. The number of hydrogen-bond donors (Lipinski definition) is 3. The summed E-state index contributed by atoms with van der Waals surface area (Å²) in [6.45, 7) is 10.2. The zero-order chi connectivity index (χ0) is 22.9. The standard InChI is InChI=1S/C21H23Cl2N5O3/c1-10(7-15(12(3)25-4)11(2)13-5-6-13)31-18-16(22)8-14(9-17(18)23)28-21(30)26-20(29)19(24)27-28/h7-9,11,13,25H,1,3,5-6H2,2,4H3,(H2,24,27)(H,26,29,30)/b15-7-. The van der Waals surface area contributed by atoms with E-state index in [0.29, 0.717) is 17.6 Å². The van der Waals surface area contributed by atoms with Crippen molar-refractivity contribution < 1.29 is 4.74 Å². The largest absolute Gasteiger partial charge is 0.455 e. The number of nitrogens with two attached hydrogens (primary N) is 1. The molecule has 164 valence electrons. The van der Waals surface area contributed by atoms with Crippen LogP contribution in [-0.4, -0.2) is 21.8 Å². The van der Waals surface area contributed by atoms with Crippen LogP contribution < -0.4 is 27.0 Å². The van der Waals surface area contributed by atoms with Crippen molar-refractivity contribution in [2.45, 2.75) is 19.8 Å². The monoisotopic (exact) mass is 463 g/mol. The highest BCUT2D eigenvalue weighted by molar-refractivity contribution is 6.37. The third-order valence-electron chi connectivity index (χ3n) is 5.10. The first kappa shape index (κ1) is 22.7. The van der Waals surface area contributed by atoms with E-state index >= 15 is 0 Å². The second-order valence-corrected chi connectivity index (χ2v) is 8.13. The number of halogens is 2. The van der Waals surface area contributed by atoms with Gasteiger partial charge in [-0.15, -0.1) is 5.10 Å². The predicted octanol–water partition coefficient (Wildman–Crippen LogP) is 3.41. The smallest absolute Gasteiger partial charge is 0.349 e. The summed E-state index contributed by atoms with van der Waals surface area (Å²) >= 11 is 12.7. The van der Waals surface area contributed by atoms with Gasteiger partial charge in [0.1, 0.15) is 5.76 Å². The van der Waals surface area contributed by atoms with Gasteiger partial charge in [-0.2, -0.15) is 4.68 Å². The molecule has 0 saturated heterocycles. The number of aromatic amines is 1. The van der Waals surface area contributed by atoms with Crippen LogP contribution in [0.3, 0.4) is 0 Å². The van der Waals surface area contributed by atoms with E-state index in [2.05, 4.69) is 35.5 Å². The van der Waals surface area contributed by atoms with E-state index in [9.17, 15) is 9.59 Å². The van der Waals surface area contributed by atoms with Crippen LogP contribution in [0.25, 0.3) is 5.69 Å². The van der Waals surface area contributed by atoms with E-state index < -0.39 is 11.2 Å². The van der Waals surface area contributed by atoms with Crippen LogP contribution in [0.5, 0.6) is 5.75 Å². The SMILES string of the molecule is C=C(/C=C(\C(=C)NC)C(C)C1CC1)Oc1c(Cl)cc(-n2nc(N)c(=O)[nH]c2=O)cc1Cl. The zero-order valence-electron chi connectivity index (χ0n) is 17.2. The summed E-state index contributed by atoms with van der Waals surface area (Å²) in [5.74, 6) is 1.06. The molecule has 31 heavy (non-hydrogen) atoms. The van der Waals surface area contributed by atoms with Gasteiger partial charge in [-0.05, 0) is 48.5 Å². The van der Waals surface area contributed by atoms with Gasteiger partial charge >= 0.3 is 5.69 Å². The highest BCUT2D eigenvalue weighted by Gasteiger charge is 2.31. The van der Waals surface area contributed by atoms with Gasteiger partial charge in [0.15, 0.2) is 5.75 Å². The molecule has 10 heteroatoms. The highest BCUT2D eigenvalue weighted by atomic mass is 35.5. The molecule has 1 fully saturated rings. The number of nitrogens with one attached hydrogen (secondary N) is 2. The molecular formula is C21H23Cl2N5O3. The van der Waals surface area contributed by atoms with Crippen LogP contribution in [0.15, 0.2) is 58.0 Å². The van der Waals surface area contributed by atoms with Crippen LogP contribution in [0, 0.1) is 11.8 Å². The molecule has 1 unspecified atom stereocenters. The lowest BCUT2D eigenvalue weighted by Crippen LogP contribution is -2.33. The van der Waals surface area contributed by atoms with Crippen molar-refractivity contribution >= 4 is 29.0 Å². The number of allylic oxidation sites excluding steroid dienone is 2. The van der Waals surface area contributed by atoms with Crippen molar-refractivity contribution in [3.05, 3.63) is 79.3 Å². The Morgan fingerprint density at radius 1 is 1.35 bits per heavy atom. The van der Waals surface area contributed by atoms with Gasteiger partial charge in [-0.1, -0.05) is 43.3 Å². The molecule has 1 aliphatic rings. The minimum absolute atomic E-state index is 0.125. The number of nitrogen functional groups attached to an aromatic ring is 1. The van der Waals surface area contributed by atoms with Crippen LogP contribution >= 0.6 is 23.2 Å². The van der Waals surface area contributed by atoms with Gasteiger partial charge in [0.2, 0.25) is 5.82 Å². The summed E-state index contributed by atoms with van der Waals surface area (Å²) in [7, 11) is 1.81. The molecule has 0 radical (unpaired) electrons. The predicted molar refractivity (Wildman–Crippen MR) is 123 cm³/mol. The molecule has 8 nitrogen and oxygen atoms in total. The maximum Gasteiger partial charge on any atom is 0.349 e. The van der Waals surface area contributed by atoms with Gasteiger partial charge < -0.3 is 15.8 Å². The zero-order valence-corrected chi connectivity index (χ0v) is 18.7. The molecule has 1 saturated carbocycles. The second-order valence-electron chi connectivity index (χ2n) is 7.32. The number of likely N-dealkylation sites (N-methyl/N-ethyl adjacent to an activating group) is 1. The number of H-pyrrole nitrogens is 1. The normalized spacial score (nSPS) is 14.8. The first-order valence-corrected chi connectivity index (χ1v) is 10.3. The number of rotatable bonds is 8. The van der Waals surface area contributed by atoms with Gasteiger partial charge in [-0.3, -0.25) is 9.78 Å². The Morgan fingerprint density at radius 2 is 1.97 bits per heavy atom. The van der Waals surface area contributed by atoms with Gasteiger partial charge in [0.05, 0.1) is 15.7 Å². The summed E-state index contributed by atoms with van der Waals surface area (Å²) in [5, 5.41) is 7.08. The lowest BCUT2D eigenvalue weighted by molar-refractivity contribution is 0.444. The van der Waals surface area contributed by atoms with E-state index in [4.69, 9.17) is 33.7 Å². The number of ether oxygens (including phenoxy) is 1. The maximum absolute atomic E-state index is 12.1. The van der Waals surface area contributed by atoms with E-state index in [1.807, 2.05) is 13.1 Å². The summed E-state index contributed by atoms with van der Waals surface area (Å²) in [5.41, 5.74) is 5.94. The van der Waals surface area contributed by atoms with E-state index in [-0.39, 0.29) is 27.3 Å². The fourth-order valence-corrected chi connectivity index (χ4v) is 3.73. The molecule has 1 aliphatic carbocycles. The molecule has 1 atom stereocenters. The fraction of sp³-hybridized carbons (Fsp3) is 0.286. The molecule has 0 bridgehead atoms. The molecule has 3 rings (SSSR count). The van der Waals surface area contributed by atoms with E-state index in [1.165, 1.54) is 25.0 Å². The number of aromatic nitrogens is 3. The molecule has 0 spiro atoms. The van der Waals surface area contributed by atoms with Gasteiger partial charge in [0, 0.05) is 12.7 Å². The Kier molecular flexibility index (Phi) is 6.62. The topological polar surface area (TPSA) is 115 Å². The van der Waals surface area contributed by atoms with Crippen molar-refractivity contribution in [3.8, 4) is 11.4 Å². The molecule has 4 N–H and O–H groups in total. The fourth-order valence-electron chi connectivity index (χ4n) is 3.18. The lowest BCUT2D eigenvalue weighted by Gasteiger charge is -2.19. The summed E-state index contributed by atoms with van der Waals surface area (Å²) in [6, 6.07) is 2.85. The lowest BCUT2D eigenvalue weighted by atomic mass is 9.93. The molecule has 1 aromatic heterocycles. The molecule has 0 aliphatic heterocycles. The summed E-state index contributed by atoms with van der Waals surface area (Å²) in [6.07, 6.45) is 4.19. The van der Waals surface area contributed by atoms with Crippen LogP contribution in [-0.2, 0) is 0 Å². The second kappa shape index (κ2) is 9.03. The van der Waals surface area contributed by atoms with Crippen molar-refractivity contribution in [3.63, 3.8) is 0 Å². The van der Waals surface area contributed by atoms with Gasteiger partial charge in [0.25, 0.3) is 5.56 Å². The number of benzene rings is 1. The Labute approximate surface area is 189 Å². The van der Waals surface area contributed by atoms with Crippen molar-refractivity contribution in [2.75, 3.05) is 12.8 Å². The van der Waals surface area contributed by atoms with E-state index in [1.54, 1.807) is 0 Å². The van der Waals surface area contributed by atoms with Crippen LogP contribution in [0.1, 0.15) is 19.8 Å². The highest BCUT2D eigenvalue weighted by Crippen LogP contribution is 2.42. The Morgan fingerprint density at radius 3 is 2.52 bits per heavy atom. The average molecular weight is 464 g/mol. The third-order valence-corrected chi connectivity index (χ3v) is 5.66. The maximum atomic E-state index is 12.1. The summed E-state index contributed by atoms with van der Waals surface area (Å²) in [4.78, 5) is 25.5. The number of anilines is 1. The van der Waals surface area contributed by atoms with Crippen LogP contribution in [0.4, 0.5) is 5.82 Å². The van der Waals surface area contributed by atoms with Crippen molar-refractivity contribution in [1.29, 1.82) is 0 Å². The minimum atomic E-state index is -0.781. The number of nitrogens with zero attached hydrogens (tertiary/aromatic N) is 2. The first-order chi connectivity index (χ1) is 14.6. The van der Waals surface area contributed by atoms with Gasteiger partial charge in [-0.25, -0.2) is 4.79 Å². The molecule has 0 amide bonds. The third kappa shape index (κ3) is 5.03. The molecule has 2 aromatic rings. The van der Waals surface area contributed by atoms with Crippen molar-refractivity contribution in [2.24, 2.45) is 11.8 Å². The number of hydrogen-bond acceptors (Lipinski definition) is 6. The van der Waals surface area contributed by atoms with Crippen LogP contribution in [0.2, 0.25) is 10.0 Å². The average Bonchev–Trinajstić information content (AvgIpc) is 3.55. The molecular weight excluding hydrogens is 441 g/mol. The minimum Gasteiger partial charge on any atom is -0.455 e. The molecule has 1 heterocycles. The Balaban J connectivity index is 1.91. The Bertz CT molecular complexity index is 1170. The Hall–Kier alpha value is -2.97. The van der Waals surface area contributed by atoms with E-state index in [0.717, 1.165) is 16.0 Å². The van der Waals surface area contributed by atoms with Crippen molar-refractivity contribution in [1.82, 2.24) is 20.1 Å². The first-order valence-electron chi connectivity index (χ1n) is 9.56. The molecule has 1 aromatic carbocycles.